The summed E-state index contributed by atoms with van der Waals surface area (Å²) in [6.45, 7) is 0. The van der Waals surface area contributed by atoms with E-state index in [1.165, 1.54) is 23.0 Å². The lowest BCUT2D eigenvalue weighted by Crippen LogP contribution is -2.10. The van der Waals surface area contributed by atoms with Gasteiger partial charge in [-0.2, -0.15) is 23.5 Å². The Kier molecular flexibility index (Phi) is 3.81. The smallest absolute Gasteiger partial charge is 0.227 e. The van der Waals surface area contributed by atoms with Gasteiger partial charge in [-0.3, -0.25) is 0 Å². The van der Waals surface area contributed by atoms with Gasteiger partial charge in [-0.1, -0.05) is 18.2 Å². The topological polar surface area (TPSA) is 80.3 Å². The molecule has 0 bridgehead atoms. The minimum atomic E-state index is -4.54. The van der Waals surface area contributed by atoms with Crippen molar-refractivity contribution in [1.82, 2.24) is 24.7 Å². The van der Waals surface area contributed by atoms with Crippen LogP contribution in [0.3, 0.4) is 0 Å². The number of halogens is 3. The second kappa shape index (κ2) is 6.17. The molecule has 0 N–H and O–H groups in total. The Morgan fingerprint density at radius 2 is 1.89 bits per heavy atom. The van der Waals surface area contributed by atoms with Gasteiger partial charge in [-0.25, -0.2) is 19.6 Å². The highest BCUT2D eigenvalue weighted by Crippen LogP contribution is 2.29. The van der Waals surface area contributed by atoms with Crippen molar-refractivity contribution in [3.8, 4) is 23.1 Å². The molecule has 0 amide bonds. The Morgan fingerprint density at radius 1 is 1.04 bits per heavy atom. The van der Waals surface area contributed by atoms with Gasteiger partial charge in [-0.05, 0) is 24.3 Å². The first-order valence-corrected chi connectivity index (χ1v) is 7.71. The SMILES string of the molecule is N#Cc1nccc(-c2ccc3cnn(-c4cccc(C(F)(F)F)n4)c3c2)n1. The minimum Gasteiger partial charge on any atom is -0.227 e. The molecule has 9 heteroatoms. The van der Waals surface area contributed by atoms with Crippen molar-refractivity contribution in [2.24, 2.45) is 0 Å². The van der Waals surface area contributed by atoms with Crippen molar-refractivity contribution >= 4 is 10.9 Å². The van der Waals surface area contributed by atoms with Gasteiger partial charge in [0.05, 0.1) is 17.4 Å². The standard InChI is InChI=1S/C18H9F3N6/c19-18(20,21)15-2-1-3-17(26-15)27-14-8-11(4-5-12(14)10-24-27)13-6-7-23-16(9-22)25-13/h1-8,10H. The lowest BCUT2D eigenvalue weighted by atomic mass is 10.1. The number of hydrogen-bond donors (Lipinski definition) is 0. The Labute approximate surface area is 150 Å². The number of nitrogens with zero attached hydrogens (tertiary/aromatic N) is 6. The maximum absolute atomic E-state index is 12.9. The molecule has 3 heterocycles. The Hall–Kier alpha value is -3.80. The van der Waals surface area contributed by atoms with Crippen LogP contribution < -0.4 is 0 Å². The molecule has 1 aromatic carbocycles. The van der Waals surface area contributed by atoms with E-state index in [1.807, 2.05) is 6.07 Å². The molecule has 0 unspecified atom stereocenters. The van der Waals surface area contributed by atoms with Crippen LogP contribution in [-0.2, 0) is 6.18 Å². The molecule has 27 heavy (non-hydrogen) atoms. The van der Waals surface area contributed by atoms with Gasteiger partial charge in [0.2, 0.25) is 5.82 Å². The van der Waals surface area contributed by atoms with Crippen LogP contribution in [0.4, 0.5) is 13.2 Å². The molecule has 132 valence electrons. The van der Waals surface area contributed by atoms with Crippen LogP contribution in [0.2, 0.25) is 0 Å². The van der Waals surface area contributed by atoms with Crippen LogP contribution in [0, 0.1) is 11.3 Å². The molecule has 0 aliphatic heterocycles. The van der Waals surface area contributed by atoms with E-state index in [0.717, 1.165) is 11.5 Å². The van der Waals surface area contributed by atoms with E-state index < -0.39 is 11.9 Å². The molecular formula is C18H9F3N6. The van der Waals surface area contributed by atoms with Crippen molar-refractivity contribution in [3.63, 3.8) is 0 Å². The average Bonchev–Trinajstić information content (AvgIpc) is 3.10. The van der Waals surface area contributed by atoms with Crippen molar-refractivity contribution in [2.45, 2.75) is 6.18 Å². The second-order valence-electron chi connectivity index (χ2n) is 5.59. The van der Waals surface area contributed by atoms with Gasteiger partial charge in [0, 0.05) is 17.1 Å². The number of aromatic nitrogens is 5. The fraction of sp³-hybridized carbons (Fsp3) is 0.0556. The summed E-state index contributed by atoms with van der Waals surface area (Å²) in [4.78, 5) is 11.6. The van der Waals surface area contributed by atoms with Gasteiger partial charge in [-0.15, -0.1) is 0 Å². The van der Waals surface area contributed by atoms with E-state index in [9.17, 15) is 13.2 Å². The molecule has 4 aromatic rings. The third-order valence-corrected chi connectivity index (χ3v) is 3.86. The highest BCUT2D eigenvalue weighted by molar-refractivity contribution is 5.84. The third-order valence-electron chi connectivity index (χ3n) is 3.86. The number of pyridine rings is 1. The van der Waals surface area contributed by atoms with E-state index in [1.54, 1.807) is 30.5 Å². The maximum atomic E-state index is 12.9. The Balaban J connectivity index is 1.85. The van der Waals surface area contributed by atoms with E-state index in [0.29, 0.717) is 16.8 Å². The number of nitriles is 1. The quantitative estimate of drug-likeness (QED) is 0.539. The van der Waals surface area contributed by atoms with E-state index in [-0.39, 0.29) is 11.6 Å². The Morgan fingerprint density at radius 3 is 2.67 bits per heavy atom. The summed E-state index contributed by atoms with van der Waals surface area (Å²) in [5.74, 6) is 0.0815. The highest BCUT2D eigenvalue weighted by Gasteiger charge is 2.32. The number of rotatable bonds is 2. The zero-order valence-electron chi connectivity index (χ0n) is 13.5. The molecule has 0 saturated carbocycles. The first kappa shape index (κ1) is 16.7. The van der Waals surface area contributed by atoms with Crippen molar-refractivity contribution in [2.75, 3.05) is 0 Å². The first-order chi connectivity index (χ1) is 13.0. The van der Waals surface area contributed by atoms with Crippen LogP contribution in [-0.4, -0.2) is 24.7 Å². The number of alkyl halides is 3. The normalized spacial score (nSPS) is 11.5. The van der Waals surface area contributed by atoms with Crippen molar-refractivity contribution in [1.29, 1.82) is 5.26 Å². The largest absolute Gasteiger partial charge is 0.433 e. The fourth-order valence-electron chi connectivity index (χ4n) is 2.63. The summed E-state index contributed by atoms with van der Waals surface area (Å²) >= 11 is 0. The van der Waals surface area contributed by atoms with E-state index in [4.69, 9.17) is 5.26 Å². The van der Waals surface area contributed by atoms with E-state index >= 15 is 0 Å². The lowest BCUT2D eigenvalue weighted by molar-refractivity contribution is -0.141. The molecule has 0 aliphatic rings. The molecule has 0 saturated heterocycles. The third kappa shape index (κ3) is 3.08. The molecule has 0 aliphatic carbocycles. The molecule has 0 fully saturated rings. The second-order valence-corrected chi connectivity index (χ2v) is 5.59. The maximum Gasteiger partial charge on any atom is 0.433 e. The summed E-state index contributed by atoms with van der Waals surface area (Å²) in [5.41, 5.74) is 0.772. The summed E-state index contributed by atoms with van der Waals surface area (Å²) in [5, 5.41) is 13.8. The van der Waals surface area contributed by atoms with Gasteiger partial charge < -0.3 is 0 Å². The van der Waals surface area contributed by atoms with Gasteiger partial charge >= 0.3 is 6.18 Å². The first-order valence-electron chi connectivity index (χ1n) is 7.71. The monoisotopic (exact) mass is 366 g/mol. The molecular weight excluding hydrogens is 357 g/mol. The minimum absolute atomic E-state index is 0.0284. The predicted octanol–water partition coefficient (Wildman–Crippen LogP) is 3.77. The van der Waals surface area contributed by atoms with Crippen molar-refractivity contribution < 1.29 is 13.2 Å². The number of hydrogen-bond acceptors (Lipinski definition) is 5. The lowest BCUT2D eigenvalue weighted by Gasteiger charge is -2.09. The van der Waals surface area contributed by atoms with Gasteiger partial charge in [0.25, 0.3) is 0 Å². The fourth-order valence-corrected chi connectivity index (χ4v) is 2.63. The highest BCUT2D eigenvalue weighted by atomic mass is 19.4. The van der Waals surface area contributed by atoms with Crippen LogP contribution >= 0.6 is 0 Å². The molecule has 3 aromatic heterocycles. The summed E-state index contributed by atoms with van der Waals surface area (Å²) in [6, 6.07) is 12.5. The van der Waals surface area contributed by atoms with E-state index in [2.05, 4.69) is 20.1 Å². The average molecular weight is 366 g/mol. The molecule has 0 atom stereocenters. The molecule has 6 nitrogen and oxygen atoms in total. The summed E-state index contributed by atoms with van der Waals surface area (Å²) in [7, 11) is 0. The zero-order chi connectivity index (χ0) is 19.0. The predicted molar refractivity (Wildman–Crippen MR) is 89.6 cm³/mol. The van der Waals surface area contributed by atoms with Crippen LogP contribution in [0.25, 0.3) is 28.0 Å². The zero-order valence-corrected chi connectivity index (χ0v) is 13.5. The van der Waals surface area contributed by atoms with Crippen LogP contribution in [0.1, 0.15) is 11.5 Å². The van der Waals surface area contributed by atoms with Crippen LogP contribution in [0.15, 0.2) is 54.9 Å². The van der Waals surface area contributed by atoms with Gasteiger partial charge in [0.1, 0.15) is 11.8 Å². The summed E-state index contributed by atoms with van der Waals surface area (Å²) < 4.78 is 40.2. The van der Waals surface area contributed by atoms with Crippen molar-refractivity contribution in [3.05, 3.63) is 66.4 Å². The van der Waals surface area contributed by atoms with Crippen LogP contribution in [0.5, 0.6) is 0 Å². The molecule has 4 rings (SSSR count). The molecule has 0 spiro atoms. The number of fused-ring (bicyclic) bond motifs is 1. The Bertz CT molecular complexity index is 1190. The van der Waals surface area contributed by atoms with Gasteiger partial charge in [0.15, 0.2) is 5.82 Å². The summed E-state index contributed by atoms with van der Waals surface area (Å²) in [6.07, 6.45) is -1.53. The molecule has 0 radical (unpaired) electrons. The number of benzene rings is 1.